The van der Waals surface area contributed by atoms with Crippen LogP contribution >= 0.6 is 8.86 Å². The van der Waals surface area contributed by atoms with Crippen molar-refractivity contribution in [2.75, 3.05) is 7.11 Å². The number of ketones is 2. The first-order chi connectivity index (χ1) is 17.5. The van der Waals surface area contributed by atoms with Crippen molar-refractivity contribution in [3.05, 3.63) is 51.6 Å². The van der Waals surface area contributed by atoms with Gasteiger partial charge in [0.05, 0.1) is 47.7 Å². The molecule has 10 heteroatoms. The highest BCUT2D eigenvalue weighted by Gasteiger charge is 2.47. The molecular formula is C27H29O9P. The standard InChI is InChI=1S/C27H29O9P/c1-11-15(28)7-8-18(35-11)36-17-10-27(33,12(2)37)9-14-20(17)26(32)22-21(24(14)30)23(29)13-5-4-6-16(34-3)19(13)25(22)31/h4-6,11,15,17-18,28,30,32-33,37H,7-10H2,1-3H3/t11-,15-,17-,18?,27-/m0/s1. The van der Waals surface area contributed by atoms with Crippen molar-refractivity contribution in [3.8, 4) is 17.2 Å². The number of aliphatic hydroxyl groups excluding tert-OH is 1. The molecule has 1 unspecified atom stereocenters. The van der Waals surface area contributed by atoms with Gasteiger partial charge >= 0.3 is 0 Å². The Labute approximate surface area is 215 Å². The highest BCUT2D eigenvalue weighted by Crippen LogP contribution is 2.52. The fourth-order valence-corrected chi connectivity index (χ4v) is 5.73. The zero-order chi connectivity index (χ0) is 26.8. The number of aromatic hydroxyl groups is 2. The van der Waals surface area contributed by atoms with Crippen molar-refractivity contribution in [2.45, 2.75) is 69.7 Å². The number of benzene rings is 2. The number of methoxy groups -OCH3 is 1. The molecule has 37 heavy (non-hydrogen) atoms. The van der Waals surface area contributed by atoms with Crippen LogP contribution in [-0.4, -0.2) is 68.5 Å². The minimum atomic E-state index is -1.49. The number of phenols is 2. The van der Waals surface area contributed by atoms with Crippen LogP contribution in [-0.2, 0) is 15.9 Å². The summed E-state index contributed by atoms with van der Waals surface area (Å²) in [5.74, 6) is -2.09. The highest BCUT2D eigenvalue weighted by atomic mass is 31.0. The van der Waals surface area contributed by atoms with E-state index >= 15 is 0 Å². The third-order valence-corrected chi connectivity index (χ3v) is 8.16. The van der Waals surface area contributed by atoms with Crippen molar-refractivity contribution in [3.63, 3.8) is 0 Å². The maximum atomic E-state index is 13.6. The molecular weight excluding hydrogens is 499 g/mol. The Kier molecular flexibility index (Phi) is 6.41. The maximum absolute atomic E-state index is 13.6. The van der Waals surface area contributed by atoms with Crippen molar-refractivity contribution in [1.82, 2.24) is 0 Å². The van der Waals surface area contributed by atoms with Gasteiger partial charge < -0.3 is 34.6 Å². The van der Waals surface area contributed by atoms with E-state index in [0.717, 1.165) is 0 Å². The van der Waals surface area contributed by atoms with Gasteiger partial charge in [0.1, 0.15) is 17.2 Å². The number of phenolic OH excluding ortho intramolecular Hbond substituents is 2. The summed E-state index contributed by atoms with van der Waals surface area (Å²) in [7, 11) is 4.79. The van der Waals surface area contributed by atoms with Crippen LogP contribution in [0.5, 0.6) is 17.2 Å². The molecule has 1 heterocycles. The maximum Gasteiger partial charge on any atom is 0.202 e. The molecule has 0 bridgehead atoms. The molecule has 1 saturated heterocycles. The molecule has 2 aromatic rings. The summed E-state index contributed by atoms with van der Waals surface area (Å²) in [5.41, 5.74) is -1.84. The number of carbonyl (C=O) groups is 2. The van der Waals surface area contributed by atoms with Gasteiger partial charge in [0.15, 0.2) is 12.1 Å². The molecule has 0 amide bonds. The molecule has 3 aliphatic rings. The van der Waals surface area contributed by atoms with E-state index in [1.807, 2.05) is 0 Å². The first-order valence-electron chi connectivity index (χ1n) is 12.1. The molecule has 0 spiro atoms. The van der Waals surface area contributed by atoms with Crippen LogP contribution in [0.1, 0.15) is 82.2 Å². The van der Waals surface area contributed by atoms with Crippen LogP contribution in [0, 0.1) is 0 Å². The van der Waals surface area contributed by atoms with Crippen LogP contribution in [0.3, 0.4) is 0 Å². The van der Waals surface area contributed by atoms with Crippen molar-refractivity contribution < 1.29 is 44.2 Å². The molecule has 1 fully saturated rings. The van der Waals surface area contributed by atoms with Crippen LogP contribution in [0.4, 0.5) is 0 Å². The summed E-state index contributed by atoms with van der Waals surface area (Å²) in [5, 5.41) is 44.8. The van der Waals surface area contributed by atoms with E-state index in [0.29, 0.717) is 18.1 Å². The minimum absolute atomic E-state index is 0.00435. The quantitative estimate of drug-likeness (QED) is 0.297. The Morgan fingerprint density at radius 1 is 1.11 bits per heavy atom. The number of carbonyl (C=O) groups excluding carboxylic acids is 2. The number of rotatable bonds is 4. The number of aliphatic hydroxyl groups is 2. The van der Waals surface area contributed by atoms with Gasteiger partial charge in [0.2, 0.25) is 5.78 Å². The van der Waals surface area contributed by atoms with E-state index < -0.39 is 53.3 Å². The fraction of sp³-hybridized carbons (Fsp3) is 0.444. The molecule has 5 rings (SSSR count). The van der Waals surface area contributed by atoms with Crippen LogP contribution in [0.2, 0.25) is 0 Å². The zero-order valence-corrected chi connectivity index (χ0v) is 21.7. The van der Waals surface area contributed by atoms with Gasteiger partial charge in [0, 0.05) is 36.0 Å². The first-order valence-corrected chi connectivity index (χ1v) is 12.6. The van der Waals surface area contributed by atoms with E-state index in [2.05, 4.69) is 8.86 Å². The normalized spacial score (nSPS) is 28.8. The van der Waals surface area contributed by atoms with Crippen molar-refractivity contribution in [1.29, 1.82) is 0 Å². The van der Waals surface area contributed by atoms with E-state index in [-0.39, 0.29) is 52.0 Å². The fourth-order valence-electron chi connectivity index (χ4n) is 5.54. The number of ether oxygens (including phenoxy) is 3. The predicted molar refractivity (Wildman–Crippen MR) is 135 cm³/mol. The zero-order valence-electron chi connectivity index (χ0n) is 20.7. The van der Waals surface area contributed by atoms with Gasteiger partial charge in [0.25, 0.3) is 0 Å². The average Bonchev–Trinajstić information content (AvgIpc) is 2.86. The monoisotopic (exact) mass is 528 g/mol. The number of hydrogen-bond acceptors (Lipinski definition) is 9. The van der Waals surface area contributed by atoms with Crippen LogP contribution in [0.15, 0.2) is 18.2 Å². The lowest BCUT2D eigenvalue weighted by molar-refractivity contribution is -0.241. The Morgan fingerprint density at radius 3 is 2.46 bits per heavy atom. The summed E-state index contributed by atoms with van der Waals surface area (Å²) >= 11 is 0. The molecule has 4 N–H and O–H groups in total. The Hall–Kier alpha value is -2.81. The van der Waals surface area contributed by atoms with Gasteiger partial charge in [-0.05, 0) is 31.6 Å². The first kappa shape index (κ1) is 25.8. The largest absolute Gasteiger partial charge is 0.507 e. The molecule has 5 atom stereocenters. The molecule has 9 nitrogen and oxygen atoms in total. The summed E-state index contributed by atoms with van der Waals surface area (Å²) in [6.07, 6.45) is -2.22. The lowest BCUT2D eigenvalue weighted by atomic mass is 9.72. The second-order valence-electron chi connectivity index (χ2n) is 9.96. The molecule has 0 saturated carbocycles. The minimum Gasteiger partial charge on any atom is -0.507 e. The van der Waals surface area contributed by atoms with Crippen LogP contribution < -0.4 is 4.74 Å². The molecule has 2 aromatic carbocycles. The van der Waals surface area contributed by atoms with Gasteiger partial charge in [-0.1, -0.05) is 12.1 Å². The van der Waals surface area contributed by atoms with E-state index in [9.17, 15) is 30.0 Å². The Bertz CT molecular complexity index is 1340. The van der Waals surface area contributed by atoms with Crippen molar-refractivity contribution in [2.24, 2.45) is 0 Å². The molecule has 0 radical (unpaired) electrons. The van der Waals surface area contributed by atoms with E-state index in [4.69, 9.17) is 14.2 Å². The smallest absolute Gasteiger partial charge is 0.202 e. The molecule has 0 aromatic heterocycles. The van der Waals surface area contributed by atoms with Gasteiger partial charge in [-0.25, -0.2) is 0 Å². The second kappa shape index (κ2) is 9.19. The summed E-state index contributed by atoms with van der Waals surface area (Å²) < 4.78 is 17.3. The Morgan fingerprint density at radius 2 is 1.81 bits per heavy atom. The number of fused-ring (bicyclic) bond motifs is 3. The van der Waals surface area contributed by atoms with E-state index in [1.54, 1.807) is 26.0 Å². The highest BCUT2D eigenvalue weighted by molar-refractivity contribution is 7.21. The summed E-state index contributed by atoms with van der Waals surface area (Å²) in [6, 6.07) is 4.57. The Balaban J connectivity index is 1.69. The predicted octanol–water partition coefficient (Wildman–Crippen LogP) is 2.84. The number of hydrogen-bond donors (Lipinski definition) is 4. The third-order valence-electron chi connectivity index (χ3n) is 7.70. The lowest BCUT2D eigenvalue weighted by Gasteiger charge is -2.42. The molecule has 2 aliphatic carbocycles. The average molecular weight is 528 g/mol. The van der Waals surface area contributed by atoms with Gasteiger partial charge in [-0.3, -0.25) is 9.59 Å². The molecule has 1 aliphatic heterocycles. The van der Waals surface area contributed by atoms with E-state index in [1.165, 1.54) is 13.2 Å². The van der Waals surface area contributed by atoms with Gasteiger partial charge in [-0.2, -0.15) is 0 Å². The second-order valence-corrected chi connectivity index (χ2v) is 10.7. The lowest BCUT2D eigenvalue weighted by Crippen LogP contribution is -2.45. The van der Waals surface area contributed by atoms with Crippen molar-refractivity contribution >= 4 is 25.7 Å². The topological polar surface area (TPSA) is 143 Å². The molecule has 196 valence electrons. The van der Waals surface area contributed by atoms with Gasteiger partial charge in [-0.15, -0.1) is 8.86 Å². The summed E-state index contributed by atoms with van der Waals surface area (Å²) in [4.78, 5) is 27.2. The SMILES string of the molecule is COc1cccc2c1C(=O)c1c(O)c3c(c(O)c1C2=O)C[C@@](O)(C(C)=P)C[C@@H]3OC1CC[C@H](O)[C@H](C)O1. The third kappa shape index (κ3) is 3.97. The van der Waals surface area contributed by atoms with Crippen LogP contribution in [0.25, 0.3) is 0 Å². The summed E-state index contributed by atoms with van der Waals surface area (Å²) in [6.45, 7) is 3.39.